The lowest BCUT2D eigenvalue weighted by atomic mass is 10.2. The summed E-state index contributed by atoms with van der Waals surface area (Å²) in [6.07, 6.45) is 1.54. The highest BCUT2D eigenvalue weighted by molar-refractivity contribution is 5.67. The van der Waals surface area contributed by atoms with E-state index in [-0.39, 0.29) is 6.42 Å². The summed E-state index contributed by atoms with van der Waals surface area (Å²) in [7, 11) is 0. The predicted molar refractivity (Wildman–Crippen MR) is 44.9 cm³/mol. The number of rotatable bonds is 4. The normalized spacial score (nSPS) is 12.8. The second-order valence-electron chi connectivity index (χ2n) is 2.70. The number of hydrogen-bond acceptors (Lipinski definition) is 4. The van der Waals surface area contributed by atoms with Gasteiger partial charge in [0.25, 0.3) is 0 Å². The molecule has 0 fully saturated rings. The van der Waals surface area contributed by atoms with Gasteiger partial charge in [-0.2, -0.15) is 0 Å². The Kier molecular flexibility index (Phi) is 2.97. The molecule has 6 heteroatoms. The standard InChI is InChI=1S/C7H12N4O2/c1-2-11-4-6(9-10-11)5(8)3-7(12)13/h4-5H,2-3,8H2,1H3,(H,12,13)/t5-/m1/s1. The Balaban J connectivity index is 2.65. The zero-order valence-corrected chi connectivity index (χ0v) is 7.34. The summed E-state index contributed by atoms with van der Waals surface area (Å²) in [5, 5.41) is 16.0. The molecule has 0 radical (unpaired) electrons. The number of aryl methyl sites for hydroxylation is 1. The molecule has 0 spiro atoms. The molecule has 1 aromatic rings. The molecule has 1 atom stereocenters. The summed E-state index contributed by atoms with van der Waals surface area (Å²) >= 11 is 0. The van der Waals surface area contributed by atoms with Crippen LogP contribution in [0.3, 0.4) is 0 Å². The minimum Gasteiger partial charge on any atom is -0.481 e. The molecule has 3 N–H and O–H groups in total. The minimum absolute atomic E-state index is 0.123. The third-order valence-electron chi connectivity index (χ3n) is 1.65. The quantitative estimate of drug-likeness (QED) is 0.674. The fraction of sp³-hybridized carbons (Fsp3) is 0.571. The van der Waals surface area contributed by atoms with Gasteiger partial charge in [0.1, 0.15) is 0 Å². The van der Waals surface area contributed by atoms with Crippen LogP contribution in [0.25, 0.3) is 0 Å². The first-order chi connectivity index (χ1) is 6.13. The summed E-state index contributed by atoms with van der Waals surface area (Å²) in [5.74, 6) is -0.932. The van der Waals surface area contributed by atoms with Crippen LogP contribution in [-0.2, 0) is 11.3 Å². The average molecular weight is 184 g/mol. The summed E-state index contributed by atoms with van der Waals surface area (Å²) in [5.41, 5.74) is 6.09. The van der Waals surface area contributed by atoms with E-state index in [4.69, 9.17) is 10.8 Å². The zero-order chi connectivity index (χ0) is 9.84. The molecule has 0 aliphatic carbocycles. The monoisotopic (exact) mass is 184 g/mol. The van der Waals surface area contributed by atoms with Crippen LogP contribution in [0.4, 0.5) is 0 Å². The lowest BCUT2D eigenvalue weighted by molar-refractivity contribution is -0.137. The van der Waals surface area contributed by atoms with Gasteiger partial charge in [0.05, 0.1) is 24.4 Å². The minimum atomic E-state index is -0.932. The summed E-state index contributed by atoms with van der Waals surface area (Å²) < 4.78 is 1.61. The first-order valence-corrected chi connectivity index (χ1v) is 4.01. The van der Waals surface area contributed by atoms with Crippen LogP contribution in [0.5, 0.6) is 0 Å². The lowest BCUT2D eigenvalue weighted by Crippen LogP contribution is -2.15. The topological polar surface area (TPSA) is 94.0 Å². The van der Waals surface area contributed by atoms with Gasteiger partial charge in [-0.25, -0.2) is 0 Å². The van der Waals surface area contributed by atoms with Crippen molar-refractivity contribution in [1.82, 2.24) is 15.0 Å². The van der Waals surface area contributed by atoms with Crippen molar-refractivity contribution < 1.29 is 9.90 Å². The number of nitrogens with two attached hydrogens (primary N) is 1. The van der Waals surface area contributed by atoms with Gasteiger partial charge in [-0.3, -0.25) is 9.48 Å². The van der Waals surface area contributed by atoms with Gasteiger partial charge in [0.15, 0.2) is 0 Å². The van der Waals surface area contributed by atoms with Crippen LogP contribution >= 0.6 is 0 Å². The largest absolute Gasteiger partial charge is 0.481 e. The number of nitrogens with zero attached hydrogens (tertiary/aromatic N) is 3. The first-order valence-electron chi connectivity index (χ1n) is 4.01. The van der Waals surface area contributed by atoms with Gasteiger partial charge in [-0.05, 0) is 6.92 Å². The molecular weight excluding hydrogens is 172 g/mol. The maximum atomic E-state index is 10.3. The van der Waals surface area contributed by atoms with Crippen molar-refractivity contribution in [1.29, 1.82) is 0 Å². The van der Waals surface area contributed by atoms with E-state index >= 15 is 0 Å². The average Bonchev–Trinajstić information content (AvgIpc) is 2.50. The van der Waals surface area contributed by atoms with Crippen molar-refractivity contribution in [2.24, 2.45) is 5.73 Å². The van der Waals surface area contributed by atoms with Gasteiger partial charge < -0.3 is 10.8 Å². The van der Waals surface area contributed by atoms with Crippen molar-refractivity contribution in [3.05, 3.63) is 11.9 Å². The number of carbonyl (C=O) groups is 1. The molecule has 6 nitrogen and oxygen atoms in total. The van der Waals surface area contributed by atoms with E-state index in [9.17, 15) is 4.79 Å². The first kappa shape index (κ1) is 9.66. The van der Waals surface area contributed by atoms with Crippen molar-refractivity contribution in [2.45, 2.75) is 25.9 Å². The molecule has 0 saturated heterocycles. The van der Waals surface area contributed by atoms with Crippen LogP contribution in [0.2, 0.25) is 0 Å². The van der Waals surface area contributed by atoms with E-state index in [0.717, 1.165) is 0 Å². The second kappa shape index (κ2) is 3.99. The number of carboxylic acid groups (broad SMARTS) is 1. The molecule has 0 saturated carbocycles. The third kappa shape index (κ3) is 2.51. The summed E-state index contributed by atoms with van der Waals surface area (Å²) in [4.78, 5) is 10.3. The smallest absolute Gasteiger partial charge is 0.305 e. The SMILES string of the molecule is CCn1cc([C@H](N)CC(=O)O)nn1. The van der Waals surface area contributed by atoms with Crippen molar-refractivity contribution in [3.8, 4) is 0 Å². The number of carboxylic acids is 1. The maximum Gasteiger partial charge on any atom is 0.305 e. The number of aromatic nitrogens is 3. The van der Waals surface area contributed by atoms with Gasteiger partial charge >= 0.3 is 5.97 Å². The van der Waals surface area contributed by atoms with Crippen LogP contribution in [0.1, 0.15) is 25.1 Å². The molecule has 1 aromatic heterocycles. The van der Waals surface area contributed by atoms with Gasteiger partial charge in [0, 0.05) is 6.54 Å². The van der Waals surface area contributed by atoms with Crippen LogP contribution < -0.4 is 5.73 Å². The molecule has 72 valence electrons. The summed E-state index contributed by atoms with van der Waals surface area (Å²) in [6.45, 7) is 2.62. The molecule has 0 aromatic carbocycles. The number of aliphatic carboxylic acids is 1. The van der Waals surface area contributed by atoms with E-state index in [1.54, 1.807) is 10.9 Å². The molecular formula is C7H12N4O2. The molecule has 0 aliphatic rings. The van der Waals surface area contributed by atoms with E-state index in [1.807, 2.05) is 6.92 Å². The molecule has 1 heterocycles. The molecule has 1 rings (SSSR count). The lowest BCUT2D eigenvalue weighted by Gasteiger charge is -2.02. The van der Waals surface area contributed by atoms with Crippen LogP contribution in [-0.4, -0.2) is 26.1 Å². The van der Waals surface area contributed by atoms with Crippen molar-refractivity contribution in [3.63, 3.8) is 0 Å². The summed E-state index contributed by atoms with van der Waals surface area (Å²) in [6, 6.07) is -0.571. The Morgan fingerprint density at radius 3 is 3.00 bits per heavy atom. The fourth-order valence-electron chi connectivity index (χ4n) is 0.931. The van der Waals surface area contributed by atoms with Crippen LogP contribution in [0.15, 0.2) is 6.20 Å². The Bertz CT molecular complexity index is 296. The molecule has 0 unspecified atom stereocenters. The molecule has 0 bridgehead atoms. The van der Waals surface area contributed by atoms with Gasteiger partial charge in [0.2, 0.25) is 0 Å². The molecule has 0 aliphatic heterocycles. The van der Waals surface area contributed by atoms with Crippen LogP contribution in [0, 0.1) is 0 Å². The zero-order valence-electron chi connectivity index (χ0n) is 7.34. The Labute approximate surface area is 75.3 Å². The van der Waals surface area contributed by atoms with E-state index in [1.165, 1.54) is 0 Å². The number of hydrogen-bond donors (Lipinski definition) is 2. The second-order valence-corrected chi connectivity index (χ2v) is 2.70. The maximum absolute atomic E-state index is 10.3. The highest BCUT2D eigenvalue weighted by Gasteiger charge is 2.13. The van der Waals surface area contributed by atoms with E-state index in [2.05, 4.69) is 10.3 Å². The Morgan fingerprint density at radius 2 is 2.54 bits per heavy atom. The highest BCUT2D eigenvalue weighted by atomic mass is 16.4. The fourth-order valence-corrected chi connectivity index (χ4v) is 0.931. The Hall–Kier alpha value is -1.43. The van der Waals surface area contributed by atoms with Crippen molar-refractivity contribution in [2.75, 3.05) is 0 Å². The molecule has 13 heavy (non-hydrogen) atoms. The van der Waals surface area contributed by atoms with E-state index < -0.39 is 12.0 Å². The predicted octanol–water partition coefficient (Wildman–Crippen LogP) is -0.228. The Morgan fingerprint density at radius 1 is 1.85 bits per heavy atom. The van der Waals surface area contributed by atoms with E-state index in [0.29, 0.717) is 12.2 Å². The van der Waals surface area contributed by atoms with Gasteiger partial charge in [-0.15, -0.1) is 5.10 Å². The third-order valence-corrected chi connectivity index (χ3v) is 1.65. The highest BCUT2D eigenvalue weighted by Crippen LogP contribution is 2.09. The van der Waals surface area contributed by atoms with Crippen molar-refractivity contribution >= 4 is 5.97 Å². The molecule has 0 amide bonds. The van der Waals surface area contributed by atoms with Gasteiger partial charge in [-0.1, -0.05) is 5.21 Å².